The van der Waals surface area contributed by atoms with E-state index in [1.807, 2.05) is 6.07 Å². The van der Waals surface area contributed by atoms with Crippen molar-refractivity contribution in [1.29, 1.82) is 5.26 Å². The maximum Gasteiger partial charge on any atom is 0.244 e. The Morgan fingerprint density at radius 1 is 1.25 bits per heavy atom. The summed E-state index contributed by atoms with van der Waals surface area (Å²) in [5.74, 6) is 0. The van der Waals surface area contributed by atoms with Crippen LogP contribution in [0.5, 0.6) is 0 Å². The number of hydrogen-bond donors (Lipinski definition) is 0. The van der Waals surface area contributed by atoms with Gasteiger partial charge < -0.3 is 0 Å². The topological polar surface area (TPSA) is 61.2 Å². The van der Waals surface area contributed by atoms with Crippen LogP contribution in [-0.4, -0.2) is 25.3 Å². The summed E-state index contributed by atoms with van der Waals surface area (Å²) in [5, 5.41) is 8.92. The molecule has 0 fully saturated rings. The predicted octanol–water partition coefficient (Wildman–Crippen LogP) is 1.61. The summed E-state index contributed by atoms with van der Waals surface area (Å²) in [6.45, 7) is 3.13. The monoisotopic (exact) mass is 238 g/mol. The molecule has 0 N–H and O–H groups in total. The third-order valence-corrected chi connectivity index (χ3v) is 4.51. The number of benzene rings is 1. The Labute approximate surface area is 96.2 Å². The first kappa shape index (κ1) is 12.7. The molecule has 0 amide bonds. The highest BCUT2D eigenvalue weighted by Crippen LogP contribution is 2.21. The Balaban J connectivity index is 3.21. The van der Waals surface area contributed by atoms with Crippen molar-refractivity contribution in [1.82, 2.24) is 4.31 Å². The van der Waals surface area contributed by atoms with Gasteiger partial charge in [0.15, 0.2) is 0 Å². The van der Waals surface area contributed by atoms with Crippen LogP contribution in [0.3, 0.4) is 0 Å². The molecule has 0 heterocycles. The van der Waals surface area contributed by atoms with E-state index in [0.717, 1.165) is 4.31 Å². The van der Waals surface area contributed by atoms with E-state index in [4.69, 9.17) is 5.26 Å². The van der Waals surface area contributed by atoms with Gasteiger partial charge in [-0.3, -0.25) is 0 Å². The number of nitrogens with zero attached hydrogens (tertiary/aromatic N) is 2. The van der Waals surface area contributed by atoms with Crippen LogP contribution in [0.25, 0.3) is 0 Å². The molecule has 0 saturated heterocycles. The van der Waals surface area contributed by atoms with Gasteiger partial charge in [0.05, 0.1) is 11.0 Å². The highest BCUT2D eigenvalue weighted by Gasteiger charge is 2.33. The Bertz CT molecular complexity index is 501. The maximum atomic E-state index is 12.1. The van der Waals surface area contributed by atoms with Crippen molar-refractivity contribution in [3.8, 4) is 6.07 Å². The quantitative estimate of drug-likeness (QED) is 0.803. The van der Waals surface area contributed by atoms with E-state index in [-0.39, 0.29) is 4.90 Å². The van der Waals surface area contributed by atoms with Gasteiger partial charge in [-0.2, -0.15) is 9.57 Å². The zero-order valence-corrected chi connectivity index (χ0v) is 10.3. The first-order chi connectivity index (χ1) is 7.32. The first-order valence-electron chi connectivity index (χ1n) is 4.78. The van der Waals surface area contributed by atoms with Crippen LogP contribution < -0.4 is 0 Å². The van der Waals surface area contributed by atoms with E-state index in [1.165, 1.54) is 19.2 Å². The van der Waals surface area contributed by atoms with Gasteiger partial charge in [-0.25, -0.2) is 8.42 Å². The Kier molecular flexibility index (Phi) is 3.36. The van der Waals surface area contributed by atoms with E-state index in [2.05, 4.69) is 0 Å². The van der Waals surface area contributed by atoms with Crippen molar-refractivity contribution in [3.05, 3.63) is 30.3 Å². The number of rotatable bonds is 3. The third kappa shape index (κ3) is 2.23. The fourth-order valence-corrected chi connectivity index (χ4v) is 2.58. The summed E-state index contributed by atoms with van der Waals surface area (Å²) in [7, 11) is -2.19. The van der Waals surface area contributed by atoms with Gasteiger partial charge in [-0.1, -0.05) is 18.2 Å². The average Bonchev–Trinajstić information content (AvgIpc) is 2.29. The van der Waals surface area contributed by atoms with Crippen molar-refractivity contribution >= 4 is 10.0 Å². The van der Waals surface area contributed by atoms with Crippen LogP contribution >= 0.6 is 0 Å². The zero-order valence-electron chi connectivity index (χ0n) is 9.51. The van der Waals surface area contributed by atoms with Gasteiger partial charge in [-0.05, 0) is 26.0 Å². The number of nitriles is 1. The van der Waals surface area contributed by atoms with E-state index in [9.17, 15) is 8.42 Å². The summed E-state index contributed by atoms with van der Waals surface area (Å²) < 4.78 is 25.3. The maximum absolute atomic E-state index is 12.1. The molecule has 0 bridgehead atoms. The second-order valence-corrected chi connectivity index (χ2v) is 5.93. The minimum Gasteiger partial charge on any atom is -0.207 e. The van der Waals surface area contributed by atoms with Gasteiger partial charge in [0, 0.05) is 7.05 Å². The van der Waals surface area contributed by atoms with Gasteiger partial charge in [-0.15, -0.1) is 0 Å². The smallest absolute Gasteiger partial charge is 0.207 e. The molecule has 1 aromatic rings. The largest absolute Gasteiger partial charge is 0.244 e. The summed E-state index contributed by atoms with van der Waals surface area (Å²) in [6.07, 6.45) is 0. The molecule has 1 rings (SSSR count). The average molecular weight is 238 g/mol. The van der Waals surface area contributed by atoms with Crippen molar-refractivity contribution in [2.75, 3.05) is 7.05 Å². The number of hydrogen-bond acceptors (Lipinski definition) is 3. The molecule has 0 spiro atoms. The second-order valence-electron chi connectivity index (χ2n) is 3.96. The summed E-state index contributed by atoms with van der Waals surface area (Å²) in [6, 6.07) is 10.0. The fraction of sp³-hybridized carbons (Fsp3) is 0.364. The summed E-state index contributed by atoms with van der Waals surface area (Å²) in [5.41, 5.74) is -1.06. The highest BCUT2D eigenvalue weighted by atomic mass is 32.2. The fourth-order valence-electron chi connectivity index (χ4n) is 1.12. The minimum atomic E-state index is -3.60. The molecule has 86 valence electrons. The molecule has 0 atom stereocenters. The zero-order chi connectivity index (χ0) is 12.4. The first-order valence-corrected chi connectivity index (χ1v) is 6.22. The lowest BCUT2D eigenvalue weighted by molar-refractivity contribution is 0.337. The van der Waals surface area contributed by atoms with Gasteiger partial charge in [0.1, 0.15) is 5.54 Å². The van der Waals surface area contributed by atoms with Crippen molar-refractivity contribution < 1.29 is 8.42 Å². The molecule has 5 heteroatoms. The summed E-state index contributed by atoms with van der Waals surface area (Å²) >= 11 is 0. The molecule has 0 aromatic heterocycles. The Hall–Kier alpha value is -1.38. The van der Waals surface area contributed by atoms with Crippen LogP contribution in [0.4, 0.5) is 0 Å². The van der Waals surface area contributed by atoms with E-state index in [0.29, 0.717) is 0 Å². The lowest BCUT2D eigenvalue weighted by atomic mass is 10.1. The van der Waals surface area contributed by atoms with E-state index in [1.54, 1.807) is 32.0 Å². The molecule has 0 aliphatic rings. The molecule has 0 radical (unpaired) electrons. The van der Waals surface area contributed by atoms with Crippen molar-refractivity contribution in [3.63, 3.8) is 0 Å². The highest BCUT2D eigenvalue weighted by molar-refractivity contribution is 7.89. The standard InChI is InChI=1S/C11H14N2O2S/c1-11(2,9-12)13(3)16(14,15)10-7-5-4-6-8-10/h4-8H,1-3H3. The SMILES string of the molecule is CN(C(C)(C)C#N)S(=O)(=O)c1ccccc1. The molecular formula is C11H14N2O2S. The lowest BCUT2D eigenvalue weighted by Crippen LogP contribution is -2.43. The Morgan fingerprint density at radius 3 is 2.19 bits per heavy atom. The van der Waals surface area contributed by atoms with E-state index >= 15 is 0 Å². The van der Waals surface area contributed by atoms with Crippen LogP contribution in [0, 0.1) is 11.3 Å². The van der Waals surface area contributed by atoms with Crippen LogP contribution in [-0.2, 0) is 10.0 Å². The molecule has 0 unspecified atom stereocenters. The predicted molar refractivity (Wildman–Crippen MR) is 61.1 cm³/mol. The van der Waals surface area contributed by atoms with Gasteiger partial charge in [0.2, 0.25) is 10.0 Å². The molecular weight excluding hydrogens is 224 g/mol. The molecule has 0 aliphatic heterocycles. The van der Waals surface area contributed by atoms with Gasteiger partial charge in [0.25, 0.3) is 0 Å². The van der Waals surface area contributed by atoms with Crippen LogP contribution in [0.2, 0.25) is 0 Å². The van der Waals surface area contributed by atoms with Gasteiger partial charge >= 0.3 is 0 Å². The molecule has 0 aliphatic carbocycles. The normalized spacial score (nSPS) is 12.4. The van der Waals surface area contributed by atoms with E-state index < -0.39 is 15.6 Å². The molecule has 16 heavy (non-hydrogen) atoms. The Morgan fingerprint density at radius 2 is 1.75 bits per heavy atom. The molecule has 1 aromatic carbocycles. The number of sulfonamides is 1. The summed E-state index contributed by atoms with van der Waals surface area (Å²) in [4.78, 5) is 0.195. The van der Waals surface area contributed by atoms with Crippen LogP contribution in [0.1, 0.15) is 13.8 Å². The lowest BCUT2D eigenvalue weighted by Gasteiger charge is -2.28. The molecule has 0 saturated carbocycles. The van der Waals surface area contributed by atoms with Crippen LogP contribution in [0.15, 0.2) is 35.2 Å². The minimum absolute atomic E-state index is 0.195. The molecule has 4 nitrogen and oxygen atoms in total. The van der Waals surface area contributed by atoms with Crippen molar-refractivity contribution in [2.45, 2.75) is 24.3 Å². The van der Waals surface area contributed by atoms with Crippen molar-refractivity contribution in [2.24, 2.45) is 0 Å². The third-order valence-electron chi connectivity index (χ3n) is 2.46. The second kappa shape index (κ2) is 4.24.